The average Bonchev–Trinajstić information content (AvgIpc) is 2.98. The van der Waals surface area contributed by atoms with Gasteiger partial charge in [0.2, 0.25) is 0 Å². The van der Waals surface area contributed by atoms with E-state index in [1.807, 2.05) is 31.3 Å². The van der Waals surface area contributed by atoms with Crippen LogP contribution in [0.5, 0.6) is 5.75 Å². The van der Waals surface area contributed by atoms with Gasteiger partial charge in [-0.1, -0.05) is 12.1 Å². The fourth-order valence-electron chi connectivity index (χ4n) is 4.68. The predicted molar refractivity (Wildman–Crippen MR) is 114 cm³/mol. The molecule has 1 aromatic carbocycles. The van der Waals surface area contributed by atoms with Gasteiger partial charge >= 0.3 is 0 Å². The minimum Gasteiger partial charge on any atom is -0.507 e. The number of pyridine rings is 1. The van der Waals surface area contributed by atoms with Crippen LogP contribution in [0.4, 0.5) is 17.2 Å². The second-order valence-electron chi connectivity index (χ2n) is 7.87. The van der Waals surface area contributed by atoms with E-state index in [0.717, 1.165) is 37.3 Å². The number of aromatic hydroxyl groups is 1. The van der Waals surface area contributed by atoms with Crippen molar-refractivity contribution in [1.82, 2.24) is 15.2 Å². The zero-order valence-corrected chi connectivity index (χ0v) is 16.4. The zero-order chi connectivity index (χ0) is 20.0. The van der Waals surface area contributed by atoms with E-state index in [2.05, 4.69) is 37.1 Å². The van der Waals surface area contributed by atoms with E-state index in [4.69, 9.17) is 5.73 Å². The zero-order valence-electron chi connectivity index (χ0n) is 16.4. The van der Waals surface area contributed by atoms with Crippen molar-refractivity contribution in [3.8, 4) is 17.0 Å². The Bertz CT molecular complexity index is 1040. The first-order chi connectivity index (χ1) is 14.1. The molecule has 2 fully saturated rings. The molecule has 0 saturated carbocycles. The summed E-state index contributed by atoms with van der Waals surface area (Å²) in [6, 6.07) is 14.2. The maximum absolute atomic E-state index is 10.2. The summed E-state index contributed by atoms with van der Waals surface area (Å²) < 4.78 is 0. The number of hydrogen-bond acceptors (Lipinski definition) is 7. The molecule has 0 radical (unpaired) electrons. The van der Waals surface area contributed by atoms with Gasteiger partial charge in [0, 0.05) is 48.3 Å². The number of benzene rings is 1. The highest BCUT2D eigenvalue weighted by molar-refractivity contribution is 5.74. The number of anilines is 3. The van der Waals surface area contributed by atoms with E-state index >= 15 is 0 Å². The molecular weight excluding hydrogens is 364 g/mol. The maximum atomic E-state index is 10.2. The van der Waals surface area contributed by atoms with E-state index < -0.39 is 0 Å². The Hall–Kier alpha value is -3.35. The van der Waals surface area contributed by atoms with Gasteiger partial charge in [0.1, 0.15) is 5.75 Å². The third-order valence-corrected chi connectivity index (χ3v) is 5.98. The van der Waals surface area contributed by atoms with Crippen LogP contribution in [0.2, 0.25) is 0 Å². The molecule has 0 spiro atoms. The van der Waals surface area contributed by atoms with Crippen LogP contribution in [-0.2, 0) is 0 Å². The fourth-order valence-corrected chi connectivity index (χ4v) is 4.68. The van der Waals surface area contributed by atoms with Crippen LogP contribution in [0.1, 0.15) is 18.5 Å². The lowest BCUT2D eigenvalue weighted by molar-refractivity contribution is 0.477. The van der Waals surface area contributed by atoms with Crippen molar-refractivity contribution in [2.75, 3.05) is 28.6 Å². The van der Waals surface area contributed by atoms with Gasteiger partial charge in [-0.3, -0.25) is 4.98 Å². The highest BCUT2D eigenvalue weighted by Crippen LogP contribution is 2.38. The lowest BCUT2D eigenvalue weighted by Gasteiger charge is -2.43. The van der Waals surface area contributed by atoms with E-state index in [0.29, 0.717) is 29.2 Å². The molecule has 29 heavy (non-hydrogen) atoms. The summed E-state index contributed by atoms with van der Waals surface area (Å²) in [5, 5.41) is 18.6. The van der Waals surface area contributed by atoms with Gasteiger partial charge in [0.05, 0.1) is 11.4 Å². The third kappa shape index (κ3) is 3.12. The van der Waals surface area contributed by atoms with Crippen molar-refractivity contribution < 1.29 is 5.11 Å². The number of fused-ring (bicyclic) bond motifs is 2. The summed E-state index contributed by atoms with van der Waals surface area (Å²) in [5.74, 6) is 0.618. The SMILES string of the molecule is Cc1cc(N2C3CCC2CN(c2cc(-c4ccccc4O)nnc2N)C3)ccn1. The second kappa shape index (κ2) is 6.92. The van der Waals surface area contributed by atoms with Gasteiger partial charge in [0.15, 0.2) is 5.82 Å². The van der Waals surface area contributed by atoms with Crippen LogP contribution in [0, 0.1) is 6.92 Å². The Morgan fingerprint density at radius 2 is 1.79 bits per heavy atom. The molecule has 2 unspecified atom stereocenters. The number of nitrogen functional groups attached to an aromatic ring is 1. The number of phenolic OH excluding ortho intramolecular Hbond substituents is 1. The first-order valence-corrected chi connectivity index (χ1v) is 9.97. The Morgan fingerprint density at radius 3 is 2.52 bits per heavy atom. The Balaban J connectivity index is 1.45. The number of aryl methyl sites for hydroxylation is 1. The van der Waals surface area contributed by atoms with Gasteiger partial charge in [-0.2, -0.15) is 0 Å². The van der Waals surface area contributed by atoms with Crippen LogP contribution < -0.4 is 15.5 Å². The number of piperazine rings is 1. The fraction of sp³-hybridized carbons (Fsp3) is 0.318. The number of nitrogens with two attached hydrogens (primary N) is 1. The van der Waals surface area contributed by atoms with Crippen molar-refractivity contribution >= 4 is 17.2 Å². The number of rotatable bonds is 3. The van der Waals surface area contributed by atoms with Crippen molar-refractivity contribution in [3.05, 3.63) is 54.4 Å². The van der Waals surface area contributed by atoms with Crippen molar-refractivity contribution in [1.29, 1.82) is 0 Å². The first kappa shape index (κ1) is 17.7. The molecule has 3 N–H and O–H groups in total. The largest absolute Gasteiger partial charge is 0.507 e. The topological polar surface area (TPSA) is 91.4 Å². The maximum Gasteiger partial charge on any atom is 0.169 e. The molecule has 2 aliphatic rings. The van der Waals surface area contributed by atoms with Crippen LogP contribution in [0.25, 0.3) is 11.3 Å². The molecule has 2 aliphatic heterocycles. The number of hydrogen-bond donors (Lipinski definition) is 2. The molecule has 4 heterocycles. The van der Waals surface area contributed by atoms with Crippen LogP contribution in [-0.4, -0.2) is 45.5 Å². The molecule has 7 heteroatoms. The molecule has 0 amide bonds. The van der Waals surface area contributed by atoms with Gasteiger partial charge in [-0.25, -0.2) is 0 Å². The Kier molecular flexibility index (Phi) is 4.23. The number of para-hydroxylation sites is 1. The van der Waals surface area contributed by atoms with Gasteiger partial charge in [-0.05, 0) is 50.1 Å². The lowest BCUT2D eigenvalue weighted by atomic mass is 10.1. The lowest BCUT2D eigenvalue weighted by Crippen LogP contribution is -2.54. The molecule has 7 nitrogen and oxygen atoms in total. The molecule has 2 atom stereocenters. The van der Waals surface area contributed by atoms with Crippen LogP contribution in [0.3, 0.4) is 0 Å². The number of nitrogens with zero attached hydrogens (tertiary/aromatic N) is 5. The van der Waals surface area contributed by atoms with E-state index in [-0.39, 0.29) is 5.75 Å². The van der Waals surface area contributed by atoms with E-state index in [1.165, 1.54) is 5.69 Å². The summed E-state index contributed by atoms with van der Waals surface area (Å²) in [7, 11) is 0. The minimum absolute atomic E-state index is 0.190. The molecule has 5 rings (SSSR count). The van der Waals surface area contributed by atoms with Crippen molar-refractivity contribution in [3.63, 3.8) is 0 Å². The highest BCUT2D eigenvalue weighted by atomic mass is 16.3. The van der Waals surface area contributed by atoms with Crippen LogP contribution in [0.15, 0.2) is 48.7 Å². The Labute approximate surface area is 169 Å². The van der Waals surface area contributed by atoms with Gasteiger partial charge < -0.3 is 20.6 Å². The summed E-state index contributed by atoms with van der Waals surface area (Å²) in [4.78, 5) is 9.20. The number of aromatic nitrogens is 3. The summed E-state index contributed by atoms with van der Waals surface area (Å²) in [6.07, 6.45) is 4.21. The monoisotopic (exact) mass is 388 g/mol. The van der Waals surface area contributed by atoms with Gasteiger partial charge in [0.25, 0.3) is 0 Å². The minimum atomic E-state index is 0.190. The summed E-state index contributed by atoms with van der Waals surface area (Å²) in [6.45, 7) is 3.80. The predicted octanol–water partition coefficient (Wildman–Crippen LogP) is 2.99. The molecule has 148 valence electrons. The van der Waals surface area contributed by atoms with Gasteiger partial charge in [-0.15, -0.1) is 10.2 Å². The second-order valence-corrected chi connectivity index (χ2v) is 7.87. The van der Waals surface area contributed by atoms with Crippen molar-refractivity contribution in [2.24, 2.45) is 0 Å². The summed E-state index contributed by atoms with van der Waals surface area (Å²) in [5.41, 5.74) is 10.7. The standard InChI is InChI=1S/C22H24N6O/c1-14-10-15(8-9-24-14)28-16-6-7-17(28)13-27(12-16)20-11-19(25-26-22(20)23)18-4-2-3-5-21(18)29/h2-5,8-11,16-17,29H,6-7,12-13H2,1H3,(H2,23,26). The summed E-state index contributed by atoms with van der Waals surface area (Å²) >= 11 is 0. The molecular formula is C22H24N6O. The van der Waals surface area contributed by atoms with E-state index in [9.17, 15) is 5.11 Å². The van der Waals surface area contributed by atoms with Crippen LogP contribution >= 0.6 is 0 Å². The normalized spacial score (nSPS) is 20.9. The smallest absolute Gasteiger partial charge is 0.169 e. The molecule has 0 aliphatic carbocycles. The van der Waals surface area contributed by atoms with Crippen molar-refractivity contribution in [2.45, 2.75) is 31.8 Å². The number of phenols is 1. The van der Waals surface area contributed by atoms with E-state index in [1.54, 1.807) is 12.1 Å². The highest BCUT2D eigenvalue weighted by Gasteiger charge is 2.40. The quantitative estimate of drug-likeness (QED) is 0.713. The average molecular weight is 388 g/mol. The molecule has 2 aromatic heterocycles. The molecule has 3 aromatic rings. The molecule has 2 saturated heterocycles. The molecule has 2 bridgehead atoms. The first-order valence-electron chi connectivity index (χ1n) is 9.97. The Morgan fingerprint density at radius 1 is 1.03 bits per heavy atom. The third-order valence-electron chi connectivity index (χ3n) is 5.98.